The van der Waals surface area contributed by atoms with Gasteiger partial charge in [0.05, 0.1) is 13.0 Å². The zero-order valence-corrected chi connectivity index (χ0v) is 8.19. The van der Waals surface area contributed by atoms with Crippen LogP contribution in [0.3, 0.4) is 0 Å². The van der Waals surface area contributed by atoms with E-state index in [-0.39, 0.29) is 12.4 Å². The Morgan fingerprint density at radius 1 is 1.67 bits per heavy atom. The van der Waals surface area contributed by atoms with Gasteiger partial charge in [-0.15, -0.1) is 22.8 Å². The van der Waals surface area contributed by atoms with E-state index in [9.17, 15) is 4.79 Å². The maximum absolute atomic E-state index is 10.9. The molecule has 0 aliphatic heterocycles. The third-order valence-corrected chi connectivity index (χ3v) is 2.15. The van der Waals surface area contributed by atoms with E-state index in [0.29, 0.717) is 16.0 Å². The fourth-order valence-corrected chi connectivity index (χ4v) is 1.58. The van der Waals surface area contributed by atoms with E-state index in [2.05, 4.69) is 22.8 Å². The van der Waals surface area contributed by atoms with E-state index >= 15 is 0 Å². The molecule has 0 saturated carbocycles. The molecule has 1 aromatic heterocycles. The van der Waals surface area contributed by atoms with Crippen LogP contribution >= 0.6 is 24.0 Å². The lowest BCUT2D eigenvalue weighted by Gasteiger charge is -1.96. The molecule has 4 nitrogen and oxygen atoms in total. The molecule has 0 spiro atoms. The van der Waals surface area contributed by atoms with Crippen LogP contribution in [0.2, 0.25) is 0 Å². The Bertz CT molecular complexity index is 274. The average Bonchev–Trinajstić information content (AvgIpc) is 2.36. The highest BCUT2D eigenvalue weighted by molar-refractivity contribution is 7.82. The van der Waals surface area contributed by atoms with Crippen molar-refractivity contribution in [3.63, 3.8) is 0 Å². The SMILES string of the molecule is CCOC(=O)Cc1nnc(S)s1. The number of ether oxygens (including phenoxy) is 1. The molecule has 1 heterocycles. The lowest BCUT2D eigenvalue weighted by Crippen LogP contribution is -2.07. The summed E-state index contributed by atoms with van der Waals surface area (Å²) in [6, 6.07) is 0. The third-order valence-electron chi connectivity index (χ3n) is 1.06. The Labute approximate surface area is 79.4 Å². The molecule has 1 aromatic rings. The van der Waals surface area contributed by atoms with Crippen molar-refractivity contribution < 1.29 is 9.53 Å². The zero-order chi connectivity index (χ0) is 8.97. The van der Waals surface area contributed by atoms with Crippen LogP contribution in [-0.2, 0) is 16.0 Å². The number of carbonyl (C=O) groups excluding carboxylic acids is 1. The van der Waals surface area contributed by atoms with Gasteiger partial charge in [-0.05, 0) is 6.92 Å². The quantitative estimate of drug-likeness (QED) is 0.588. The van der Waals surface area contributed by atoms with Gasteiger partial charge in [-0.3, -0.25) is 4.79 Å². The van der Waals surface area contributed by atoms with E-state index in [0.717, 1.165) is 0 Å². The summed E-state index contributed by atoms with van der Waals surface area (Å²) in [7, 11) is 0. The van der Waals surface area contributed by atoms with Gasteiger partial charge in [0.1, 0.15) is 5.01 Å². The van der Waals surface area contributed by atoms with E-state index < -0.39 is 0 Å². The second kappa shape index (κ2) is 4.42. The summed E-state index contributed by atoms with van der Waals surface area (Å²) in [4.78, 5) is 10.9. The predicted octanol–water partition coefficient (Wildman–Crippen LogP) is 0.932. The lowest BCUT2D eigenvalue weighted by molar-refractivity contribution is -0.142. The van der Waals surface area contributed by atoms with Crippen molar-refractivity contribution >= 4 is 29.9 Å². The average molecular weight is 204 g/mol. The van der Waals surface area contributed by atoms with Crippen molar-refractivity contribution in [1.82, 2.24) is 10.2 Å². The van der Waals surface area contributed by atoms with E-state index in [4.69, 9.17) is 4.74 Å². The van der Waals surface area contributed by atoms with Crippen molar-refractivity contribution in [2.45, 2.75) is 17.7 Å². The number of rotatable bonds is 3. The number of aromatic nitrogens is 2. The van der Waals surface area contributed by atoms with Crippen LogP contribution in [-0.4, -0.2) is 22.8 Å². The van der Waals surface area contributed by atoms with Gasteiger partial charge < -0.3 is 4.74 Å². The number of hydrogen-bond acceptors (Lipinski definition) is 6. The minimum atomic E-state index is -0.276. The van der Waals surface area contributed by atoms with Crippen molar-refractivity contribution in [1.29, 1.82) is 0 Å². The van der Waals surface area contributed by atoms with Gasteiger partial charge >= 0.3 is 5.97 Å². The van der Waals surface area contributed by atoms with Crippen molar-refractivity contribution in [3.8, 4) is 0 Å². The molecule has 6 heteroatoms. The van der Waals surface area contributed by atoms with Crippen LogP contribution in [0.5, 0.6) is 0 Å². The molecule has 0 unspecified atom stereocenters. The van der Waals surface area contributed by atoms with E-state index in [1.165, 1.54) is 11.3 Å². The molecule has 0 saturated heterocycles. The fraction of sp³-hybridized carbons (Fsp3) is 0.500. The number of esters is 1. The first-order chi connectivity index (χ1) is 5.72. The topological polar surface area (TPSA) is 52.1 Å². The van der Waals surface area contributed by atoms with Crippen LogP contribution in [0, 0.1) is 0 Å². The lowest BCUT2D eigenvalue weighted by atomic mass is 10.5. The molecular weight excluding hydrogens is 196 g/mol. The van der Waals surface area contributed by atoms with Gasteiger partial charge in [-0.1, -0.05) is 11.3 Å². The maximum atomic E-state index is 10.9. The molecular formula is C6H8N2O2S2. The van der Waals surface area contributed by atoms with Crippen molar-refractivity contribution in [3.05, 3.63) is 5.01 Å². The summed E-state index contributed by atoms with van der Waals surface area (Å²) < 4.78 is 5.29. The summed E-state index contributed by atoms with van der Waals surface area (Å²) in [5.41, 5.74) is 0. The molecule has 0 radical (unpaired) electrons. The minimum Gasteiger partial charge on any atom is -0.466 e. The van der Waals surface area contributed by atoms with Gasteiger partial charge in [-0.25, -0.2) is 0 Å². The van der Waals surface area contributed by atoms with E-state index in [1.54, 1.807) is 6.92 Å². The highest BCUT2D eigenvalue weighted by atomic mass is 32.2. The van der Waals surface area contributed by atoms with E-state index in [1.807, 2.05) is 0 Å². The van der Waals surface area contributed by atoms with Gasteiger partial charge in [0.25, 0.3) is 0 Å². The van der Waals surface area contributed by atoms with Crippen LogP contribution < -0.4 is 0 Å². The van der Waals surface area contributed by atoms with Gasteiger partial charge in [0.15, 0.2) is 4.34 Å². The summed E-state index contributed by atoms with van der Waals surface area (Å²) in [6.45, 7) is 2.16. The Morgan fingerprint density at radius 3 is 2.92 bits per heavy atom. The first kappa shape index (κ1) is 9.47. The Kier molecular flexibility index (Phi) is 3.48. The van der Waals surface area contributed by atoms with Crippen LogP contribution in [0.1, 0.15) is 11.9 Å². The third kappa shape index (κ3) is 2.78. The highest BCUT2D eigenvalue weighted by Gasteiger charge is 2.07. The predicted molar refractivity (Wildman–Crippen MR) is 47.5 cm³/mol. The Hall–Kier alpha value is -0.620. The molecule has 0 aliphatic rings. The molecule has 0 atom stereocenters. The second-order valence-corrected chi connectivity index (χ2v) is 3.75. The maximum Gasteiger partial charge on any atom is 0.312 e. The number of thiol groups is 1. The van der Waals surface area contributed by atoms with Gasteiger partial charge in [-0.2, -0.15) is 0 Å². The van der Waals surface area contributed by atoms with Gasteiger partial charge in [0, 0.05) is 0 Å². The molecule has 0 aliphatic carbocycles. The summed E-state index contributed by atoms with van der Waals surface area (Å²) >= 11 is 5.26. The first-order valence-electron chi connectivity index (χ1n) is 3.39. The Balaban J connectivity index is 2.46. The number of nitrogens with zero attached hydrogens (tertiary/aromatic N) is 2. The van der Waals surface area contributed by atoms with Crippen LogP contribution in [0.15, 0.2) is 4.34 Å². The second-order valence-electron chi connectivity index (χ2n) is 1.96. The number of carbonyl (C=O) groups is 1. The molecule has 12 heavy (non-hydrogen) atoms. The molecule has 66 valence electrons. The molecule has 0 aromatic carbocycles. The highest BCUT2D eigenvalue weighted by Crippen LogP contribution is 2.13. The largest absolute Gasteiger partial charge is 0.466 e. The number of hydrogen-bond donors (Lipinski definition) is 1. The van der Waals surface area contributed by atoms with Crippen molar-refractivity contribution in [2.24, 2.45) is 0 Å². The normalized spacial score (nSPS) is 9.83. The first-order valence-corrected chi connectivity index (χ1v) is 4.65. The minimum absolute atomic E-state index is 0.187. The smallest absolute Gasteiger partial charge is 0.312 e. The van der Waals surface area contributed by atoms with Crippen LogP contribution in [0.4, 0.5) is 0 Å². The zero-order valence-electron chi connectivity index (χ0n) is 6.48. The molecule has 0 amide bonds. The summed E-state index contributed by atoms with van der Waals surface area (Å²) in [5, 5.41) is 8.02. The molecule has 0 fully saturated rings. The molecule has 1 rings (SSSR count). The molecule has 0 bridgehead atoms. The summed E-state index contributed by atoms with van der Waals surface area (Å²) in [5.74, 6) is -0.276. The fourth-order valence-electron chi connectivity index (χ4n) is 0.652. The molecule has 0 N–H and O–H groups in total. The summed E-state index contributed by atoms with van der Waals surface area (Å²) in [6.07, 6.45) is 0.187. The Morgan fingerprint density at radius 2 is 2.42 bits per heavy atom. The van der Waals surface area contributed by atoms with Crippen molar-refractivity contribution in [2.75, 3.05) is 6.61 Å². The monoisotopic (exact) mass is 204 g/mol. The standard InChI is InChI=1S/C6H8N2O2S2/c1-2-10-5(9)3-4-7-8-6(11)12-4/h2-3H2,1H3,(H,8,11). The van der Waals surface area contributed by atoms with Crippen LogP contribution in [0.25, 0.3) is 0 Å². The van der Waals surface area contributed by atoms with Gasteiger partial charge in [0.2, 0.25) is 0 Å².